The first-order valence-electron chi connectivity index (χ1n) is 6.90. The summed E-state index contributed by atoms with van der Waals surface area (Å²) in [5, 5.41) is 3.52. The maximum Gasteiger partial charge on any atom is 0.145 e. The lowest BCUT2D eigenvalue weighted by Gasteiger charge is -2.26. The Bertz CT molecular complexity index is 307. The highest BCUT2D eigenvalue weighted by Crippen LogP contribution is 2.30. The molecule has 17 heavy (non-hydrogen) atoms. The van der Waals surface area contributed by atoms with Crippen LogP contribution in [0.25, 0.3) is 0 Å². The van der Waals surface area contributed by atoms with Crippen LogP contribution in [0.3, 0.4) is 0 Å². The quantitative estimate of drug-likeness (QED) is 0.849. The SMILES string of the molecule is CCNC(CC1CCCCC1)c1ncccn1. The van der Waals surface area contributed by atoms with Crippen LogP contribution in [-0.2, 0) is 0 Å². The van der Waals surface area contributed by atoms with E-state index in [1.807, 2.05) is 18.5 Å². The minimum Gasteiger partial charge on any atom is -0.308 e. The highest BCUT2D eigenvalue weighted by atomic mass is 15.0. The summed E-state index contributed by atoms with van der Waals surface area (Å²) in [7, 11) is 0. The monoisotopic (exact) mass is 233 g/mol. The first kappa shape index (κ1) is 12.5. The molecular weight excluding hydrogens is 210 g/mol. The number of rotatable bonds is 5. The van der Waals surface area contributed by atoms with Crippen molar-refractivity contribution in [2.24, 2.45) is 5.92 Å². The lowest BCUT2D eigenvalue weighted by molar-refractivity contribution is 0.296. The topological polar surface area (TPSA) is 37.8 Å². The zero-order chi connectivity index (χ0) is 11.9. The fourth-order valence-electron chi connectivity index (χ4n) is 2.77. The number of hydrogen-bond acceptors (Lipinski definition) is 3. The van der Waals surface area contributed by atoms with E-state index in [9.17, 15) is 0 Å². The number of aromatic nitrogens is 2. The minimum atomic E-state index is 0.337. The number of hydrogen-bond donors (Lipinski definition) is 1. The second-order valence-corrected chi connectivity index (χ2v) is 4.96. The molecule has 1 fully saturated rings. The molecule has 1 saturated carbocycles. The molecule has 0 saturated heterocycles. The smallest absolute Gasteiger partial charge is 0.145 e. The van der Waals surface area contributed by atoms with E-state index in [1.165, 1.54) is 38.5 Å². The molecule has 3 nitrogen and oxygen atoms in total. The molecule has 0 aliphatic heterocycles. The van der Waals surface area contributed by atoms with Crippen LogP contribution in [0.2, 0.25) is 0 Å². The normalized spacial score (nSPS) is 19.1. The van der Waals surface area contributed by atoms with Crippen molar-refractivity contribution in [2.75, 3.05) is 6.54 Å². The highest BCUT2D eigenvalue weighted by molar-refractivity contribution is 4.96. The molecule has 1 heterocycles. The molecule has 1 aromatic rings. The summed E-state index contributed by atoms with van der Waals surface area (Å²) >= 11 is 0. The van der Waals surface area contributed by atoms with Gasteiger partial charge in [-0.2, -0.15) is 0 Å². The lowest BCUT2D eigenvalue weighted by Crippen LogP contribution is -2.26. The predicted octanol–water partition coefficient (Wildman–Crippen LogP) is 3.10. The number of nitrogens with one attached hydrogen (secondary N) is 1. The van der Waals surface area contributed by atoms with E-state index >= 15 is 0 Å². The highest BCUT2D eigenvalue weighted by Gasteiger charge is 2.20. The molecule has 1 aliphatic rings. The van der Waals surface area contributed by atoms with Gasteiger partial charge in [0.1, 0.15) is 5.82 Å². The van der Waals surface area contributed by atoms with Crippen molar-refractivity contribution < 1.29 is 0 Å². The van der Waals surface area contributed by atoms with Gasteiger partial charge in [-0.05, 0) is 24.9 Å². The Morgan fingerprint density at radius 3 is 2.59 bits per heavy atom. The van der Waals surface area contributed by atoms with Crippen LogP contribution in [0, 0.1) is 5.92 Å². The molecule has 0 bridgehead atoms. The summed E-state index contributed by atoms with van der Waals surface area (Å²) in [5.41, 5.74) is 0. The third-order valence-electron chi connectivity index (χ3n) is 3.64. The summed E-state index contributed by atoms with van der Waals surface area (Å²) in [6.45, 7) is 3.13. The van der Waals surface area contributed by atoms with Crippen LogP contribution in [0.15, 0.2) is 18.5 Å². The van der Waals surface area contributed by atoms with Gasteiger partial charge >= 0.3 is 0 Å². The molecular formula is C14H23N3. The maximum atomic E-state index is 4.39. The molecule has 2 rings (SSSR count). The third kappa shape index (κ3) is 3.77. The van der Waals surface area contributed by atoms with Crippen LogP contribution >= 0.6 is 0 Å². The van der Waals surface area contributed by atoms with Crippen molar-refractivity contribution >= 4 is 0 Å². The first-order chi connectivity index (χ1) is 8.40. The average molecular weight is 233 g/mol. The summed E-state index contributed by atoms with van der Waals surface area (Å²) < 4.78 is 0. The van der Waals surface area contributed by atoms with E-state index in [1.54, 1.807) is 0 Å². The zero-order valence-corrected chi connectivity index (χ0v) is 10.7. The van der Waals surface area contributed by atoms with E-state index < -0.39 is 0 Å². The molecule has 0 radical (unpaired) electrons. The zero-order valence-electron chi connectivity index (χ0n) is 10.7. The van der Waals surface area contributed by atoms with Gasteiger partial charge in [-0.1, -0.05) is 39.0 Å². The third-order valence-corrected chi connectivity index (χ3v) is 3.64. The van der Waals surface area contributed by atoms with Gasteiger partial charge in [-0.3, -0.25) is 0 Å². The van der Waals surface area contributed by atoms with Crippen molar-refractivity contribution in [3.63, 3.8) is 0 Å². The van der Waals surface area contributed by atoms with Gasteiger partial charge in [-0.25, -0.2) is 9.97 Å². The van der Waals surface area contributed by atoms with E-state index in [-0.39, 0.29) is 0 Å². The molecule has 1 aromatic heterocycles. The summed E-state index contributed by atoms with van der Waals surface area (Å²) in [4.78, 5) is 8.78. The van der Waals surface area contributed by atoms with Crippen molar-refractivity contribution in [2.45, 2.75) is 51.5 Å². The number of nitrogens with zero attached hydrogens (tertiary/aromatic N) is 2. The maximum absolute atomic E-state index is 4.39. The molecule has 1 unspecified atom stereocenters. The second kappa shape index (κ2) is 6.70. The average Bonchev–Trinajstić information content (AvgIpc) is 2.40. The van der Waals surface area contributed by atoms with Gasteiger partial charge in [0.2, 0.25) is 0 Å². The van der Waals surface area contributed by atoms with Crippen molar-refractivity contribution in [3.05, 3.63) is 24.3 Å². The van der Waals surface area contributed by atoms with Crippen molar-refractivity contribution in [3.8, 4) is 0 Å². The van der Waals surface area contributed by atoms with Crippen LogP contribution in [-0.4, -0.2) is 16.5 Å². The fourth-order valence-corrected chi connectivity index (χ4v) is 2.77. The van der Waals surface area contributed by atoms with Crippen LogP contribution < -0.4 is 5.32 Å². The first-order valence-corrected chi connectivity index (χ1v) is 6.90. The van der Waals surface area contributed by atoms with Gasteiger partial charge < -0.3 is 5.32 Å². The summed E-state index contributed by atoms with van der Waals surface area (Å²) in [5.74, 6) is 1.82. The van der Waals surface area contributed by atoms with Crippen LogP contribution in [0.4, 0.5) is 0 Å². The molecule has 1 N–H and O–H groups in total. The Morgan fingerprint density at radius 2 is 1.94 bits per heavy atom. The Hall–Kier alpha value is -0.960. The van der Waals surface area contributed by atoms with Crippen LogP contribution in [0.5, 0.6) is 0 Å². The Kier molecular flexibility index (Phi) is 4.92. The molecule has 0 amide bonds. The summed E-state index contributed by atoms with van der Waals surface area (Å²) in [6, 6.07) is 2.22. The minimum absolute atomic E-state index is 0.337. The predicted molar refractivity (Wildman–Crippen MR) is 69.6 cm³/mol. The second-order valence-electron chi connectivity index (χ2n) is 4.96. The van der Waals surface area contributed by atoms with Gasteiger partial charge in [0.25, 0.3) is 0 Å². The van der Waals surface area contributed by atoms with E-state index in [0.29, 0.717) is 6.04 Å². The van der Waals surface area contributed by atoms with Crippen LogP contribution in [0.1, 0.15) is 57.3 Å². The summed E-state index contributed by atoms with van der Waals surface area (Å²) in [6.07, 6.45) is 11.9. The standard InChI is InChI=1S/C14H23N3/c1-2-15-13(14-16-9-6-10-17-14)11-12-7-4-3-5-8-12/h6,9-10,12-13,15H,2-5,7-8,11H2,1H3. The largest absolute Gasteiger partial charge is 0.308 e. The fraction of sp³-hybridized carbons (Fsp3) is 0.714. The van der Waals surface area contributed by atoms with Crippen molar-refractivity contribution in [1.29, 1.82) is 0 Å². The molecule has 94 valence electrons. The van der Waals surface area contributed by atoms with E-state index in [2.05, 4.69) is 22.2 Å². The van der Waals surface area contributed by atoms with Crippen molar-refractivity contribution in [1.82, 2.24) is 15.3 Å². The molecule has 1 aliphatic carbocycles. The lowest BCUT2D eigenvalue weighted by atomic mass is 9.84. The molecule has 1 atom stereocenters. The Labute approximate surface area is 104 Å². The van der Waals surface area contributed by atoms with Gasteiger partial charge in [-0.15, -0.1) is 0 Å². The molecule has 0 spiro atoms. The molecule has 0 aromatic carbocycles. The Balaban J connectivity index is 1.96. The van der Waals surface area contributed by atoms with E-state index in [4.69, 9.17) is 0 Å². The van der Waals surface area contributed by atoms with E-state index in [0.717, 1.165) is 18.3 Å². The van der Waals surface area contributed by atoms with Gasteiger partial charge in [0.15, 0.2) is 0 Å². The van der Waals surface area contributed by atoms with Gasteiger partial charge in [0.05, 0.1) is 6.04 Å². The Morgan fingerprint density at radius 1 is 1.24 bits per heavy atom. The molecule has 3 heteroatoms. The van der Waals surface area contributed by atoms with Gasteiger partial charge in [0, 0.05) is 12.4 Å².